The monoisotopic (exact) mass is 387 g/mol. The topological polar surface area (TPSA) is 46.6 Å². The van der Waals surface area contributed by atoms with Crippen molar-refractivity contribution in [3.8, 4) is 5.75 Å². The van der Waals surface area contributed by atoms with E-state index in [1.807, 2.05) is 24.3 Å². The highest BCUT2D eigenvalue weighted by Gasteiger charge is 2.29. The first-order valence-electron chi connectivity index (χ1n) is 9.77. The van der Waals surface area contributed by atoms with Gasteiger partial charge in [-0.1, -0.05) is 44.0 Å². The Morgan fingerprint density at radius 3 is 2.37 bits per heavy atom. The van der Waals surface area contributed by atoms with Crippen LogP contribution < -0.4 is 4.74 Å². The number of benzene rings is 2. The zero-order valence-electron chi connectivity index (χ0n) is 16.2. The molecule has 27 heavy (non-hydrogen) atoms. The van der Waals surface area contributed by atoms with Crippen LogP contribution in [-0.4, -0.2) is 32.9 Å². The van der Waals surface area contributed by atoms with E-state index in [1.165, 1.54) is 11.1 Å². The maximum Gasteiger partial charge on any atom is 0.243 e. The number of rotatable bonds is 6. The van der Waals surface area contributed by atoms with Gasteiger partial charge in [0.2, 0.25) is 10.0 Å². The molecule has 1 atom stereocenters. The molecule has 1 heterocycles. The normalized spacial score (nSPS) is 18.8. The van der Waals surface area contributed by atoms with E-state index in [4.69, 9.17) is 4.74 Å². The fourth-order valence-electron chi connectivity index (χ4n) is 3.74. The Kier molecular flexibility index (Phi) is 6.55. The Balaban J connectivity index is 1.80. The van der Waals surface area contributed by atoms with Gasteiger partial charge in [-0.25, -0.2) is 8.42 Å². The lowest BCUT2D eigenvalue weighted by atomic mass is 9.94. The molecular formula is C22H29NO3S. The van der Waals surface area contributed by atoms with E-state index in [1.54, 1.807) is 23.5 Å². The second-order valence-electron chi connectivity index (χ2n) is 7.22. The third-order valence-electron chi connectivity index (χ3n) is 5.32. The zero-order valence-corrected chi connectivity index (χ0v) is 17.0. The smallest absolute Gasteiger partial charge is 0.243 e. The summed E-state index contributed by atoms with van der Waals surface area (Å²) in [7, 11) is -1.81. The van der Waals surface area contributed by atoms with Crippen molar-refractivity contribution in [3.05, 3.63) is 59.7 Å². The first-order valence-corrected chi connectivity index (χ1v) is 11.2. The van der Waals surface area contributed by atoms with Crippen LogP contribution >= 0.6 is 0 Å². The highest BCUT2D eigenvalue weighted by molar-refractivity contribution is 7.89. The lowest BCUT2D eigenvalue weighted by Crippen LogP contribution is -2.34. The standard InChI is InChI=1S/C22H29NO3S/c1-3-6-18-8-14-22(15-9-18)27(24,25)23-16-5-4-7-20(17-23)19-10-12-21(26-2)13-11-19/h8-15,20H,3-7,16-17H2,1-2H3. The fraction of sp³-hybridized carbons (Fsp3) is 0.455. The highest BCUT2D eigenvalue weighted by atomic mass is 32.2. The zero-order chi connectivity index (χ0) is 19.3. The van der Waals surface area contributed by atoms with Gasteiger partial charge >= 0.3 is 0 Å². The summed E-state index contributed by atoms with van der Waals surface area (Å²) < 4.78 is 33.3. The summed E-state index contributed by atoms with van der Waals surface area (Å²) in [6.45, 7) is 3.25. The summed E-state index contributed by atoms with van der Waals surface area (Å²) >= 11 is 0. The van der Waals surface area contributed by atoms with Crippen molar-refractivity contribution in [2.24, 2.45) is 0 Å². The second kappa shape index (κ2) is 8.89. The van der Waals surface area contributed by atoms with Crippen molar-refractivity contribution < 1.29 is 13.2 Å². The number of nitrogens with zero attached hydrogens (tertiary/aromatic N) is 1. The van der Waals surface area contributed by atoms with E-state index in [-0.39, 0.29) is 5.92 Å². The molecule has 0 N–H and O–H groups in total. The predicted octanol–water partition coefficient (Wildman–Crippen LogP) is 4.61. The first-order chi connectivity index (χ1) is 13.0. The van der Waals surface area contributed by atoms with Gasteiger partial charge in [-0.05, 0) is 60.6 Å². The molecule has 146 valence electrons. The fourth-order valence-corrected chi connectivity index (χ4v) is 5.26. The molecule has 2 aromatic carbocycles. The van der Waals surface area contributed by atoms with Crippen LogP contribution in [0.3, 0.4) is 0 Å². The van der Waals surface area contributed by atoms with Gasteiger partial charge in [0.25, 0.3) is 0 Å². The van der Waals surface area contributed by atoms with Crippen LogP contribution in [0.25, 0.3) is 0 Å². The van der Waals surface area contributed by atoms with Crippen molar-refractivity contribution in [2.75, 3.05) is 20.2 Å². The van der Waals surface area contributed by atoms with E-state index in [9.17, 15) is 8.42 Å². The summed E-state index contributed by atoms with van der Waals surface area (Å²) in [5.74, 6) is 1.04. The van der Waals surface area contributed by atoms with Crippen LogP contribution in [0.1, 0.15) is 49.7 Å². The predicted molar refractivity (Wildman–Crippen MR) is 109 cm³/mol. The number of ether oxygens (including phenoxy) is 1. The molecule has 0 aliphatic carbocycles. The summed E-state index contributed by atoms with van der Waals surface area (Å²) in [6, 6.07) is 15.4. The number of hydrogen-bond acceptors (Lipinski definition) is 3. The molecule has 0 saturated carbocycles. The van der Waals surface area contributed by atoms with Crippen LogP contribution in [0.15, 0.2) is 53.4 Å². The molecule has 5 heteroatoms. The Morgan fingerprint density at radius 2 is 1.74 bits per heavy atom. The molecule has 0 spiro atoms. The molecular weight excluding hydrogens is 358 g/mol. The molecule has 1 unspecified atom stereocenters. The summed E-state index contributed by atoms with van der Waals surface area (Å²) in [4.78, 5) is 0.401. The van der Waals surface area contributed by atoms with Crippen molar-refractivity contribution in [2.45, 2.75) is 49.8 Å². The maximum absolute atomic E-state index is 13.2. The molecule has 2 aromatic rings. The Morgan fingerprint density at radius 1 is 1.04 bits per heavy atom. The molecule has 3 rings (SSSR count). The van der Waals surface area contributed by atoms with Gasteiger partial charge in [0.1, 0.15) is 5.75 Å². The summed E-state index contributed by atoms with van der Waals surface area (Å²) in [5.41, 5.74) is 2.36. The molecule has 0 amide bonds. The third kappa shape index (κ3) is 4.71. The van der Waals surface area contributed by atoms with E-state index in [0.717, 1.165) is 37.9 Å². The molecule has 4 nitrogen and oxygen atoms in total. The minimum atomic E-state index is -3.46. The number of methoxy groups -OCH3 is 1. The van der Waals surface area contributed by atoms with Crippen LogP contribution in [0.4, 0.5) is 0 Å². The lowest BCUT2D eigenvalue weighted by Gasteiger charge is -2.24. The summed E-state index contributed by atoms with van der Waals surface area (Å²) in [5, 5.41) is 0. The molecule has 0 aromatic heterocycles. The van der Waals surface area contributed by atoms with Crippen molar-refractivity contribution in [3.63, 3.8) is 0 Å². The Labute approximate surface area is 163 Å². The number of sulfonamides is 1. The number of hydrogen-bond donors (Lipinski definition) is 0. The Hall–Kier alpha value is -1.85. The van der Waals surface area contributed by atoms with Crippen LogP contribution in [0.5, 0.6) is 5.75 Å². The molecule has 0 bridgehead atoms. The van der Waals surface area contributed by atoms with E-state index >= 15 is 0 Å². The van der Waals surface area contributed by atoms with Crippen LogP contribution in [0, 0.1) is 0 Å². The largest absolute Gasteiger partial charge is 0.497 e. The van der Waals surface area contributed by atoms with Gasteiger partial charge in [-0.15, -0.1) is 0 Å². The van der Waals surface area contributed by atoms with Crippen molar-refractivity contribution in [1.82, 2.24) is 4.31 Å². The molecule has 1 aliphatic heterocycles. The first kappa shape index (κ1) is 19.9. The van der Waals surface area contributed by atoms with E-state index < -0.39 is 10.0 Å². The van der Waals surface area contributed by atoms with Gasteiger partial charge in [0, 0.05) is 13.1 Å². The average molecular weight is 388 g/mol. The Bertz CT molecular complexity index is 829. The molecule has 1 saturated heterocycles. The van der Waals surface area contributed by atoms with Gasteiger partial charge in [-0.3, -0.25) is 0 Å². The van der Waals surface area contributed by atoms with Gasteiger partial charge in [0.05, 0.1) is 12.0 Å². The van der Waals surface area contributed by atoms with Crippen LogP contribution in [-0.2, 0) is 16.4 Å². The second-order valence-corrected chi connectivity index (χ2v) is 9.16. The highest BCUT2D eigenvalue weighted by Crippen LogP contribution is 2.30. The van der Waals surface area contributed by atoms with Crippen molar-refractivity contribution >= 4 is 10.0 Å². The van der Waals surface area contributed by atoms with E-state index in [2.05, 4.69) is 19.1 Å². The lowest BCUT2D eigenvalue weighted by molar-refractivity contribution is 0.404. The molecule has 0 radical (unpaired) electrons. The number of aryl methyl sites for hydroxylation is 1. The quantitative estimate of drug-likeness (QED) is 0.727. The molecule has 1 fully saturated rings. The molecule has 1 aliphatic rings. The van der Waals surface area contributed by atoms with Crippen LogP contribution in [0.2, 0.25) is 0 Å². The minimum absolute atomic E-state index is 0.215. The average Bonchev–Trinajstić information content (AvgIpc) is 2.96. The van der Waals surface area contributed by atoms with Crippen molar-refractivity contribution in [1.29, 1.82) is 0 Å². The van der Waals surface area contributed by atoms with Gasteiger partial charge in [0.15, 0.2) is 0 Å². The van der Waals surface area contributed by atoms with Gasteiger partial charge < -0.3 is 4.74 Å². The summed E-state index contributed by atoms with van der Waals surface area (Å²) in [6.07, 6.45) is 4.98. The maximum atomic E-state index is 13.2. The third-order valence-corrected chi connectivity index (χ3v) is 7.20. The minimum Gasteiger partial charge on any atom is -0.497 e. The van der Waals surface area contributed by atoms with E-state index in [0.29, 0.717) is 18.0 Å². The SMILES string of the molecule is CCCc1ccc(S(=O)(=O)N2CCCCC(c3ccc(OC)cc3)C2)cc1. The van der Waals surface area contributed by atoms with Gasteiger partial charge in [-0.2, -0.15) is 4.31 Å².